The van der Waals surface area contributed by atoms with Gasteiger partial charge in [-0.25, -0.2) is 4.79 Å². The van der Waals surface area contributed by atoms with Crippen LogP contribution in [-0.2, 0) is 4.74 Å². The molecule has 214 valence electrons. The number of amides is 2. The zero-order valence-corrected chi connectivity index (χ0v) is 24.3. The topological polar surface area (TPSA) is 53.1 Å². The van der Waals surface area contributed by atoms with Crippen LogP contribution in [0.5, 0.6) is 0 Å². The Morgan fingerprint density at radius 3 is 2.33 bits per heavy atom. The van der Waals surface area contributed by atoms with Gasteiger partial charge in [0.05, 0.1) is 0 Å². The third-order valence-electron chi connectivity index (χ3n) is 10.3. The lowest BCUT2D eigenvalue weighted by atomic mass is 9.75. The fourth-order valence-electron chi connectivity index (χ4n) is 7.85. The molecular weight excluding hydrogens is 486 g/mol. The van der Waals surface area contributed by atoms with Crippen molar-refractivity contribution in [3.8, 4) is 0 Å². The van der Waals surface area contributed by atoms with E-state index in [1.165, 1.54) is 32.1 Å². The van der Waals surface area contributed by atoms with Crippen LogP contribution in [0.3, 0.4) is 0 Å². The fourth-order valence-corrected chi connectivity index (χ4v) is 7.85. The molecule has 3 aliphatic heterocycles. The SMILES string of the molecule is C=CCCC1CN(CC2CCCCC2)C(=O)OC12CCN(C1CCN(C(=O)c3c(C)cccc3C)CC1)CC2. The van der Waals surface area contributed by atoms with E-state index in [9.17, 15) is 9.59 Å². The molecule has 4 aliphatic rings. The van der Waals surface area contributed by atoms with Gasteiger partial charge in [-0.2, -0.15) is 0 Å². The predicted molar refractivity (Wildman–Crippen MR) is 156 cm³/mol. The summed E-state index contributed by atoms with van der Waals surface area (Å²) in [4.78, 5) is 33.2. The van der Waals surface area contributed by atoms with Gasteiger partial charge < -0.3 is 14.5 Å². The van der Waals surface area contributed by atoms with Crippen molar-refractivity contribution in [2.45, 2.75) is 96.1 Å². The van der Waals surface area contributed by atoms with E-state index in [0.29, 0.717) is 17.9 Å². The van der Waals surface area contributed by atoms with Gasteiger partial charge in [-0.3, -0.25) is 9.69 Å². The van der Waals surface area contributed by atoms with E-state index in [4.69, 9.17) is 4.74 Å². The van der Waals surface area contributed by atoms with Crippen molar-refractivity contribution in [3.63, 3.8) is 0 Å². The summed E-state index contributed by atoms with van der Waals surface area (Å²) in [6.07, 6.45) is 14.2. The van der Waals surface area contributed by atoms with Gasteiger partial charge in [0.15, 0.2) is 0 Å². The van der Waals surface area contributed by atoms with Gasteiger partial charge in [0.25, 0.3) is 5.91 Å². The van der Waals surface area contributed by atoms with E-state index in [-0.39, 0.29) is 17.6 Å². The first-order chi connectivity index (χ1) is 18.9. The number of hydrogen-bond donors (Lipinski definition) is 0. The normalized spacial score (nSPS) is 25.1. The summed E-state index contributed by atoms with van der Waals surface area (Å²) in [7, 11) is 0. The van der Waals surface area contributed by atoms with Crippen molar-refractivity contribution in [2.75, 3.05) is 39.3 Å². The Balaban J connectivity index is 1.16. The van der Waals surface area contributed by atoms with Gasteiger partial charge in [-0.05, 0) is 69.4 Å². The molecule has 6 nitrogen and oxygen atoms in total. The van der Waals surface area contributed by atoms with Crippen molar-refractivity contribution in [3.05, 3.63) is 47.5 Å². The van der Waals surface area contributed by atoms with Gasteiger partial charge in [-0.1, -0.05) is 43.5 Å². The van der Waals surface area contributed by atoms with Gasteiger partial charge in [0.1, 0.15) is 5.60 Å². The highest BCUT2D eigenvalue weighted by atomic mass is 16.6. The Bertz CT molecular complexity index is 997. The van der Waals surface area contributed by atoms with Crippen LogP contribution in [-0.4, -0.2) is 77.6 Å². The molecule has 1 aromatic carbocycles. The number of allylic oxidation sites excluding steroid dienone is 1. The minimum Gasteiger partial charge on any atom is -0.442 e. The maximum absolute atomic E-state index is 13.3. The molecule has 0 N–H and O–H groups in total. The molecule has 1 atom stereocenters. The van der Waals surface area contributed by atoms with Crippen LogP contribution in [0.25, 0.3) is 0 Å². The van der Waals surface area contributed by atoms with Crippen LogP contribution in [0.15, 0.2) is 30.9 Å². The molecule has 4 fully saturated rings. The summed E-state index contributed by atoms with van der Waals surface area (Å²) in [6.45, 7) is 13.3. The lowest BCUT2D eigenvalue weighted by Gasteiger charge is -2.52. The van der Waals surface area contributed by atoms with Gasteiger partial charge in [-0.15, -0.1) is 6.58 Å². The third-order valence-corrected chi connectivity index (χ3v) is 10.3. The number of hydrogen-bond acceptors (Lipinski definition) is 4. The first-order valence-corrected chi connectivity index (χ1v) is 15.6. The number of likely N-dealkylation sites (tertiary alicyclic amines) is 2. The van der Waals surface area contributed by atoms with Crippen molar-refractivity contribution >= 4 is 12.0 Å². The highest BCUT2D eigenvalue weighted by Gasteiger charge is 2.50. The maximum atomic E-state index is 13.3. The van der Waals surface area contributed by atoms with Crippen LogP contribution in [0, 0.1) is 25.7 Å². The van der Waals surface area contributed by atoms with E-state index < -0.39 is 0 Å². The minimum absolute atomic E-state index is 0.0813. The average molecular weight is 536 g/mol. The third kappa shape index (κ3) is 6.21. The number of rotatable bonds is 7. The first kappa shape index (κ1) is 28.2. The van der Waals surface area contributed by atoms with Crippen molar-refractivity contribution in [1.82, 2.24) is 14.7 Å². The molecule has 5 rings (SSSR count). The molecule has 1 aromatic rings. The number of benzene rings is 1. The molecule has 1 spiro atoms. The second-order valence-electron chi connectivity index (χ2n) is 12.7. The Morgan fingerprint density at radius 1 is 1.03 bits per heavy atom. The summed E-state index contributed by atoms with van der Waals surface area (Å²) in [5.74, 6) is 1.18. The standard InChI is InChI=1S/C33H49N3O3/c1-4-5-14-28-24-36(23-27-12-7-6-8-13-27)32(38)39-33(28)17-21-34(22-18-33)29-15-19-35(20-16-29)31(37)30-25(2)10-9-11-26(30)3/h4,9-11,27-29H,1,5-8,12-24H2,2-3H3. The summed E-state index contributed by atoms with van der Waals surface area (Å²) < 4.78 is 6.41. The molecule has 1 aliphatic carbocycles. The van der Waals surface area contributed by atoms with E-state index in [0.717, 1.165) is 94.5 Å². The lowest BCUT2D eigenvalue weighted by molar-refractivity contribution is -0.127. The number of carbonyl (C=O) groups is 2. The number of aryl methyl sites for hydroxylation is 2. The van der Waals surface area contributed by atoms with Crippen LogP contribution in [0.4, 0.5) is 4.79 Å². The largest absolute Gasteiger partial charge is 0.442 e. The van der Waals surface area contributed by atoms with Crippen molar-refractivity contribution in [2.24, 2.45) is 11.8 Å². The molecule has 0 radical (unpaired) electrons. The lowest BCUT2D eigenvalue weighted by Crippen LogP contribution is -2.61. The van der Waals surface area contributed by atoms with Crippen LogP contribution >= 0.6 is 0 Å². The number of piperidine rings is 2. The molecule has 0 bridgehead atoms. The monoisotopic (exact) mass is 535 g/mol. The summed E-state index contributed by atoms with van der Waals surface area (Å²) in [5, 5.41) is 0. The van der Waals surface area contributed by atoms with Gasteiger partial charge in [0, 0.05) is 69.6 Å². The fraction of sp³-hybridized carbons (Fsp3) is 0.697. The van der Waals surface area contributed by atoms with Crippen LogP contribution < -0.4 is 0 Å². The van der Waals surface area contributed by atoms with Crippen LogP contribution in [0.2, 0.25) is 0 Å². The number of carbonyl (C=O) groups excluding carboxylic acids is 2. The molecule has 3 saturated heterocycles. The second-order valence-corrected chi connectivity index (χ2v) is 12.7. The molecule has 6 heteroatoms. The first-order valence-electron chi connectivity index (χ1n) is 15.6. The second kappa shape index (κ2) is 12.4. The predicted octanol–water partition coefficient (Wildman–Crippen LogP) is 6.36. The minimum atomic E-state index is -0.335. The number of nitrogens with zero attached hydrogens (tertiary/aromatic N) is 3. The molecule has 3 heterocycles. The average Bonchev–Trinajstić information content (AvgIpc) is 2.95. The molecule has 2 amide bonds. The van der Waals surface area contributed by atoms with Crippen molar-refractivity contribution in [1.29, 1.82) is 0 Å². The molecule has 0 aromatic heterocycles. The van der Waals surface area contributed by atoms with E-state index >= 15 is 0 Å². The highest BCUT2D eigenvalue weighted by molar-refractivity contribution is 5.97. The zero-order valence-electron chi connectivity index (χ0n) is 24.3. The highest BCUT2D eigenvalue weighted by Crippen LogP contribution is 2.42. The molecule has 1 unspecified atom stereocenters. The van der Waals surface area contributed by atoms with Gasteiger partial charge in [0.2, 0.25) is 0 Å². The Labute approximate surface area is 235 Å². The van der Waals surface area contributed by atoms with Gasteiger partial charge >= 0.3 is 6.09 Å². The number of ether oxygens (including phenoxy) is 1. The van der Waals surface area contributed by atoms with E-state index in [2.05, 4.69) is 11.5 Å². The molecular formula is C33H49N3O3. The summed E-state index contributed by atoms with van der Waals surface area (Å²) in [5.41, 5.74) is 2.67. The quantitative estimate of drug-likeness (QED) is 0.382. The van der Waals surface area contributed by atoms with E-state index in [1.807, 2.05) is 47.9 Å². The molecule has 39 heavy (non-hydrogen) atoms. The van der Waals surface area contributed by atoms with Crippen molar-refractivity contribution < 1.29 is 14.3 Å². The molecule has 1 saturated carbocycles. The smallest absolute Gasteiger partial charge is 0.410 e. The Hall–Kier alpha value is -2.34. The van der Waals surface area contributed by atoms with Crippen LogP contribution in [0.1, 0.15) is 92.1 Å². The maximum Gasteiger partial charge on any atom is 0.410 e. The Morgan fingerprint density at radius 2 is 1.69 bits per heavy atom. The Kier molecular flexibility index (Phi) is 9.00. The summed E-state index contributed by atoms with van der Waals surface area (Å²) >= 11 is 0. The summed E-state index contributed by atoms with van der Waals surface area (Å²) in [6, 6.07) is 6.59. The van der Waals surface area contributed by atoms with E-state index in [1.54, 1.807) is 0 Å². The zero-order chi connectivity index (χ0) is 27.4.